The number of benzene rings is 1. The first kappa shape index (κ1) is 15.1. The second-order valence-electron chi connectivity index (χ2n) is 4.17. The fourth-order valence-electron chi connectivity index (χ4n) is 1.59. The third-order valence-corrected chi connectivity index (χ3v) is 4.10. The van der Waals surface area contributed by atoms with Crippen molar-refractivity contribution in [2.45, 2.75) is 19.4 Å². The fourth-order valence-corrected chi connectivity index (χ4v) is 2.90. The van der Waals surface area contributed by atoms with Crippen molar-refractivity contribution >= 4 is 10.0 Å². The van der Waals surface area contributed by atoms with E-state index >= 15 is 0 Å². The number of nitrogens with one attached hydrogen (secondary N) is 2. The molecule has 0 spiro atoms. The van der Waals surface area contributed by atoms with Crippen molar-refractivity contribution in [3.63, 3.8) is 0 Å². The summed E-state index contributed by atoms with van der Waals surface area (Å²) in [6.07, 6.45) is 0.558. The van der Waals surface area contributed by atoms with Crippen LogP contribution >= 0.6 is 0 Å². The summed E-state index contributed by atoms with van der Waals surface area (Å²) in [6, 6.07) is 5.44. The molecule has 0 amide bonds. The SMILES string of the molecule is CNCCCS(=O)(=O)NC(C)c1ccc(F)cc1. The Bertz CT molecular complexity index is 459. The highest BCUT2D eigenvalue weighted by Crippen LogP contribution is 2.14. The molecule has 1 rings (SSSR count). The van der Waals surface area contributed by atoms with Gasteiger partial charge in [-0.3, -0.25) is 0 Å². The highest BCUT2D eigenvalue weighted by molar-refractivity contribution is 7.89. The number of hydrogen-bond acceptors (Lipinski definition) is 3. The van der Waals surface area contributed by atoms with Crippen LogP contribution in [0.3, 0.4) is 0 Å². The van der Waals surface area contributed by atoms with Crippen molar-refractivity contribution < 1.29 is 12.8 Å². The Morgan fingerprint density at radius 3 is 2.44 bits per heavy atom. The molecule has 102 valence electrons. The van der Waals surface area contributed by atoms with Gasteiger partial charge in [-0.2, -0.15) is 0 Å². The van der Waals surface area contributed by atoms with Crippen molar-refractivity contribution in [3.8, 4) is 0 Å². The molecule has 0 heterocycles. The van der Waals surface area contributed by atoms with Crippen molar-refractivity contribution in [1.82, 2.24) is 10.0 Å². The van der Waals surface area contributed by atoms with Crippen LogP contribution in [0, 0.1) is 5.82 Å². The molecule has 0 fully saturated rings. The van der Waals surface area contributed by atoms with E-state index in [1.54, 1.807) is 26.1 Å². The molecule has 4 nitrogen and oxygen atoms in total. The molecule has 0 radical (unpaired) electrons. The van der Waals surface area contributed by atoms with Gasteiger partial charge in [0.1, 0.15) is 5.82 Å². The maximum atomic E-state index is 12.7. The van der Waals surface area contributed by atoms with Crippen LogP contribution < -0.4 is 10.0 Å². The quantitative estimate of drug-likeness (QED) is 0.739. The molecular formula is C12H19FN2O2S. The Hall–Kier alpha value is -0.980. The molecule has 0 aliphatic rings. The van der Waals surface area contributed by atoms with Gasteiger partial charge in [-0.1, -0.05) is 12.1 Å². The number of sulfonamides is 1. The molecule has 1 unspecified atom stereocenters. The molecule has 0 saturated heterocycles. The Morgan fingerprint density at radius 2 is 1.89 bits per heavy atom. The number of halogens is 1. The van der Waals surface area contributed by atoms with Crippen molar-refractivity contribution in [2.75, 3.05) is 19.3 Å². The molecule has 2 N–H and O–H groups in total. The normalized spacial score (nSPS) is 13.5. The maximum absolute atomic E-state index is 12.7. The van der Waals surface area contributed by atoms with E-state index in [-0.39, 0.29) is 17.6 Å². The van der Waals surface area contributed by atoms with Crippen molar-refractivity contribution in [3.05, 3.63) is 35.6 Å². The zero-order chi connectivity index (χ0) is 13.6. The van der Waals surface area contributed by atoms with E-state index in [4.69, 9.17) is 0 Å². The lowest BCUT2D eigenvalue weighted by atomic mass is 10.1. The summed E-state index contributed by atoms with van der Waals surface area (Å²) < 4.78 is 38.8. The van der Waals surface area contributed by atoms with Gasteiger partial charge in [0.15, 0.2) is 0 Å². The van der Waals surface area contributed by atoms with E-state index in [1.807, 2.05) is 0 Å². The average Bonchev–Trinajstić information content (AvgIpc) is 2.29. The molecule has 0 aliphatic heterocycles. The van der Waals surface area contributed by atoms with Crippen LogP contribution in [0.15, 0.2) is 24.3 Å². The van der Waals surface area contributed by atoms with Crippen LogP contribution in [-0.4, -0.2) is 27.8 Å². The molecule has 0 saturated carbocycles. The standard InChI is InChI=1S/C12H19FN2O2S/c1-10(11-4-6-12(13)7-5-11)15-18(16,17)9-3-8-14-2/h4-7,10,14-15H,3,8-9H2,1-2H3. The lowest BCUT2D eigenvalue weighted by Gasteiger charge is -2.14. The summed E-state index contributed by atoms with van der Waals surface area (Å²) in [6.45, 7) is 2.40. The Kier molecular flexibility index (Phi) is 5.71. The van der Waals surface area contributed by atoms with E-state index in [0.29, 0.717) is 13.0 Å². The predicted molar refractivity (Wildman–Crippen MR) is 70.3 cm³/mol. The summed E-state index contributed by atoms with van der Waals surface area (Å²) in [5.41, 5.74) is 0.744. The first-order valence-corrected chi connectivity index (χ1v) is 7.50. The van der Waals surface area contributed by atoms with Gasteiger partial charge in [0.2, 0.25) is 10.0 Å². The summed E-state index contributed by atoms with van der Waals surface area (Å²) >= 11 is 0. The van der Waals surface area contributed by atoms with Crippen molar-refractivity contribution in [1.29, 1.82) is 0 Å². The monoisotopic (exact) mass is 274 g/mol. The summed E-state index contributed by atoms with van der Waals surface area (Å²) in [5.74, 6) is -0.248. The second kappa shape index (κ2) is 6.82. The minimum Gasteiger partial charge on any atom is -0.320 e. The molecular weight excluding hydrogens is 255 g/mol. The average molecular weight is 274 g/mol. The number of rotatable bonds is 7. The first-order chi connectivity index (χ1) is 8.44. The zero-order valence-electron chi connectivity index (χ0n) is 10.6. The van der Waals surface area contributed by atoms with Crippen LogP contribution in [0.4, 0.5) is 4.39 Å². The van der Waals surface area contributed by atoms with Crippen molar-refractivity contribution in [2.24, 2.45) is 0 Å². The Morgan fingerprint density at radius 1 is 1.28 bits per heavy atom. The fraction of sp³-hybridized carbons (Fsp3) is 0.500. The lowest BCUT2D eigenvalue weighted by Crippen LogP contribution is -2.30. The third kappa shape index (κ3) is 5.12. The van der Waals surface area contributed by atoms with Gasteiger partial charge in [-0.05, 0) is 44.6 Å². The molecule has 0 aliphatic carbocycles. The maximum Gasteiger partial charge on any atom is 0.212 e. The van der Waals surface area contributed by atoms with E-state index in [0.717, 1.165) is 5.56 Å². The van der Waals surface area contributed by atoms with Crippen LogP contribution in [-0.2, 0) is 10.0 Å². The molecule has 1 atom stereocenters. The topological polar surface area (TPSA) is 58.2 Å². The van der Waals surface area contributed by atoms with Crippen LogP contribution in [0.25, 0.3) is 0 Å². The summed E-state index contributed by atoms with van der Waals surface area (Å²) in [7, 11) is -1.52. The summed E-state index contributed by atoms with van der Waals surface area (Å²) in [4.78, 5) is 0. The van der Waals surface area contributed by atoms with Gasteiger partial charge in [-0.25, -0.2) is 17.5 Å². The Balaban J connectivity index is 2.58. The molecule has 1 aromatic rings. The first-order valence-electron chi connectivity index (χ1n) is 5.84. The minimum absolute atomic E-state index is 0.0827. The Labute approximate surface area is 108 Å². The third-order valence-electron chi connectivity index (χ3n) is 2.57. The molecule has 0 aromatic heterocycles. The lowest BCUT2D eigenvalue weighted by molar-refractivity contribution is 0.562. The van der Waals surface area contributed by atoms with E-state index in [1.165, 1.54) is 12.1 Å². The number of hydrogen-bond donors (Lipinski definition) is 2. The highest BCUT2D eigenvalue weighted by atomic mass is 32.2. The van der Waals surface area contributed by atoms with Gasteiger partial charge in [-0.15, -0.1) is 0 Å². The summed E-state index contributed by atoms with van der Waals surface area (Å²) in [5, 5.41) is 2.90. The van der Waals surface area contributed by atoms with E-state index in [2.05, 4.69) is 10.0 Å². The van der Waals surface area contributed by atoms with Crippen LogP contribution in [0.1, 0.15) is 24.9 Å². The molecule has 1 aromatic carbocycles. The smallest absolute Gasteiger partial charge is 0.212 e. The van der Waals surface area contributed by atoms with E-state index < -0.39 is 10.0 Å². The second-order valence-corrected chi connectivity index (χ2v) is 6.04. The zero-order valence-corrected chi connectivity index (χ0v) is 11.4. The van der Waals surface area contributed by atoms with Gasteiger partial charge in [0, 0.05) is 6.04 Å². The van der Waals surface area contributed by atoms with Gasteiger partial charge in [0.05, 0.1) is 5.75 Å². The minimum atomic E-state index is -3.30. The van der Waals surface area contributed by atoms with E-state index in [9.17, 15) is 12.8 Å². The molecule has 6 heteroatoms. The molecule has 18 heavy (non-hydrogen) atoms. The van der Waals surface area contributed by atoms with Crippen LogP contribution in [0.2, 0.25) is 0 Å². The van der Waals surface area contributed by atoms with Crippen LogP contribution in [0.5, 0.6) is 0 Å². The predicted octanol–water partition coefficient (Wildman–Crippen LogP) is 1.42. The van der Waals surface area contributed by atoms with Gasteiger partial charge >= 0.3 is 0 Å². The highest BCUT2D eigenvalue weighted by Gasteiger charge is 2.15. The molecule has 0 bridgehead atoms. The van der Waals surface area contributed by atoms with Gasteiger partial charge < -0.3 is 5.32 Å². The largest absolute Gasteiger partial charge is 0.320 e. The van der Waals surface area contributed by atoms with Gasteiger partial charge in [0.25, 0.3) is 0 Å².